The summed E-state index contributed by atoms with van der Waals surface area (Å²) in [5, 5.41) is 12.3. The number of aliphatic hydroxyl groups is 1. The Morgan fingerprint density at radius 2 is 2.00 bits per heavy atom. The molecule has 1 aliphatic rings. The Morgan fingerprint density at radius 1 is 1.30 bits per heavy atom. The second-order valence-electron chi connectivity index (χ2n) is 5.47. The van der Waals surface area contributed by atoms with Gasteiger partial charge in [-0.2, -0.15) is 0 Å². The van der Waals surface area contributed by atoms with Crippen molar-refractivity contribution in [3.05, 3.63) is 28.2 Å². The van der Waals surface area contributed by atoms with Crippen LogP contribution >= 0.6 is 15.9 Å². The van der Waals surface area contributed by atoms with E-state index in [0.29, 0.717) is 29.6 Å². The van der Waals surface area contributed by atoms with Gasteiger partial charge in [0.1, 0.15) is 0 Å². The van der Waals surface area contributed by atoms with E-state index in [-0.39, 0.29) is 12.5 Å². The number of hydrogen-bond donors (Lipinski definition) is 3. The third-order valence-electron chi connectivity index (χ3n) is 4.01. The van der Waals surface area contributed by atoms with Crippen LogP contribution in [0.5, 0.6) is 0 Å². The zero-order valence-corrected chi connectivity index (χ0v) is 13.0. The lowest BCUT2D eigenvalue weighted by Crippen LogP contribution is -2.35. The van der Waals surface area contributed by atoms with Crippen LogP contribution in [0.15, 0.2) is 22.7 Å². The normalized spacial score (nSPS) is 22.5. The van der Waals surface area contributed by atoms with E-state index in [9.17, 15) is 9.90 Å². The highest BCUT2D eigenvalue weighted by molar-refractivity contribution is 9.10. The minimum absolute atomic E-state index is 0.111. The van der Waals surface area contributed by atoms with Gasteiger partial charge in [-0.3, -0.25) is 4.79 Å². The van der Waals surface area contributed by atoms with Crippen molar-refractivity contribution in [2.75, 3.05) is 18.9 Å². The number of carbonyl (C=O) groups excluding carboxylic acids is 1. The van der Waals surface area contributed by atoms with E-state index in [1.165, 1.54) is 12.8 Å². The monoisotopic (exact) mass is 340 g/mol. The lowest BCUT2D eigenvalue weighted by molar-refractivity contribution is 0.0909. The number of nitrogens with two attached hydrogens (primary N) is 1. The molecule has 4 nitrogen and oxygen atoms in total. The van der Waals surface area contributed by atoms with Crippen LogP contribution in [0.1, 0.15) is 36.0 Å². The van der Waals surface area contributed by atoms with Crippen molar-refractivity contribution in [3.8, 4) is 0 Å². The molecule has 2 unspecified atom stereocenters. The first-order valence-corrected chi connectivity index (χ1v) is 7.84. The van der Waals surface area contributed by atoms with Crippen LogP contribution in [0.4, 0.5) is 5.69 Å². The van der Waals surface area contributed by atoms with Gasteiger partial charge in [-0.05, 0) is 42.9 Å². The molecule has 2 atom stereocenters. The second-order valence-corrected chi connectivity index (χ2v) is 6.39. The molecule has 0 aliphatic heterocycles. The summed E-state index contributed by atoms with van der Waals surface area (Å²) in [5.41, 5.74) is 6.87. The fraction of sp³-hybridized carbons (Fsp3) is 0.533. The minimum atomic E-state index is -0.111. The second kappa shape index (κ2) is 7.09. The van der Waals surface area contributed by atoms with Gasteiger partial charge in [-0.15, -0.1) is 0 Å². The molecular weight excluding hydrogens is 320 g/mol. The Labute approximate surface area is 127 Å². The number of amides is 1. The molecule has 1 aliphatic carbocycles. The van der Waals surface area contributed by atoms with Gasteiger partial charge in [-0.1, -0.05) is 28.8 Å². The first kappa shape index (κ1) is 15.3. The molecule has 0 spiro atoms. The highest BCUT2D eigenvalue weighted by Crippen LogP contribution is 2.29. The van der Waals surface area contributed by atoms with Crippen molar-refractivity contribution < 1.29 is 9.90 Å². The highest BCUT2D eigenvalue weighted by atomic mass is 79.9. The molecule has 0 bridgehead atoms. The Kier molecular flexibility index (Phi) is 5.43. The fourth-order valence-electron chi connectivity index (χ4n) is 2.86. The Morgan fingerprint density at radius 3 is 2.65 bits per heavy atom. The lowest BCUT2D eigenvalue weighted by atomic mass is 9.79. The van der Waals surface area contributed by atoms with E-state index in [2.05, 4.69) is 21.2 Å². The van der Waals surface area contributed by atoms with E-state index in [1.807, 2.05) is 0 Å². The summed E-state index contributed by atoms with van der Waals surface area (Å²) in [4.78, 5) is 12.1. The lowest BCUT2D eigenvalue weighted by Gasteiger charge is -2.30. The number of nitrogens with one attached hydrogen (secondary N) is 1. The SMILES string of the molecule is Nc1cc(Br)cc(C(=O)NCC2CCCCC2CO)c1. The average Bonchev–Trinajstić information content (AvgIpc) is 2.44. The largest absolute Gasteiger partial charge is 0.399 e. The molecule has 1 amide bonds. The molecule has 1 saturated carbocycles. The van der Waals surface area contributed by atoms with Gasteiger partial charge >= 0.3 is 0 Å². The van der Waals surface area contributed by atoms with E-state index >= 15 is 0 Å². The van der Waals surface area contributed by atoms with Crippen molar-refractivity contribution in [2.45, 2.75) is 25.7 Å². The number of nitrogen functional groups attached to an aromatic ring is 1. The summed E-state index contributed by atoms with van der Waals surface area (Å²) >= 11 is 3.34. The molecule has 1 aromatic carbocycles. The molecule has 0 radical (unpaired) electrons. The van der Waals surface area contributed by atoms with Crippen LogP contribution in [0.25, 0.3) is 0 Å². The molecule has 0 aromatic heterocycles. The average molecular weight is 341 g/mol. The number of hydrogen-bond acceptors (Lipinski definition) is 3. The third kappa shape index (κ3) is 3.96. The van der Waals surface area contributed by atoms with Gasteiger partial charge in [0.05, 0.1) is 0 Å². The summed E-state index contributed by atoms with van der Waals surface area (Å²) in [6, 6.07) is 5.19. The maximum absolute atomic E-state index is 12.1. The van der Waals surface area contributed by atoms with Gasteiger partial charge in [0.2, 0.25) is 0 Å². The van der Waals surface area contributed by atoms with Crippen LogP contribution in [0.2, 0.25) is 0 Å². The number of anilines is 1. The van der Waals surface area contributed by atoms with Crippen molar-refractivity contribution >= 4 is 27.5 Å². The molecule has 1 fully saturated rings. The van der Waals surface area contributed by atoms with Crippen LogP contribution in [0.3, 0.4) is 0 Å². The summed E-state index contributed by atoms with van der Waals surface area (Å²) in [7, 11) is 0. The molecule has 110 valence electrons. The topological polar surface area (TPSA) is 75.4 Å². The van der Waals surface area contributed by atoms with Gasteiger partial charge in [-0.25, -0.2) is 0 Å². The van der Waals surface area contributed by atoms with Crippen LogP contribution in [-0.2, 0) is 0 Å². The van der Waals surface area contributed by atoms with E-state index in [1.54, 1.807) is 18.2 Å². The first-order valence-electron chi connectivity index (χ1n) is 7.05. The number of carbonyl (C=O) groups is 1. The molecule has 0 heterocycles. The Bertz CT molecular complexity index is 459. The smallest absolute Gasteiger partial charge is 0.251 e. The molecule has 1 aromatic rings. The first-order chi connectivity index (χ1) is 9.60. The predicted octanol–water partition coefficient (Wildman–Crippen LogP) is 2.56. The minimum Gasteiger partial charge on any atom is -0.399 e. The maximum atomic E-state index is 12.1. The number of halogens is 1. The van der Waals surface area contributed by atoms with Crippen molar-refractivity contribution in [1.82, 2.24) is 5.32 Å². The maximum Gasteiger partial charge on any atom is 0.251 e. The zero-order valence-electron chi connectivity index (χ0n) is 11.4. The number of aliphatic hydroxyl groups excluding tert-OH is 1. The van der Waals surface area contributed by atoms with Crippen molar-refractivity contribution in [3.63, 3.8) is 0 Å². The van der Waals surface area contributed by atoms with Crippen LogP contribution in [0, 0.1) is 11.8 Å². The Hall–Kier alpha value is -1.07. The number of rotatable bonds is 4. The molecule has 20 heavy (non-hydrogen) atoms. The molecule has 5 heteroatoms. The summed E-state index contributed by atoms with van der Waals surface area (Å²) < 4.78 is 0.800. The standard InChI is InChI=1S/C15H21BrN2O2/c16-13-5-12(6-14(17)7-13)15(20)18-8-10-3-1-2-4-11(10)9-19/h5-7,10-11,19H,1-4,8-9,17H2,(H,18,20). The van der Waals surface area contributed by atoms with Gasteiger partial charge < -0.3 is 16.2 Å². The third-order valence-corrected chi connectivity index (χ3v) is 4.47. The van der Waals surface area contributed by atoms with Crippen molar-refractivity contribution in [1.29, 1.82) is 0 Å². The number of benzene rings is 1. The van der Waals surface area contributed by atoms with E-state index in [4.69, 9.17) is 5.73 Å². The Balaban J connectivity index is 1.94. The van der Waals surface area contributed by atoms with Crippen LogP contribution in [-0.4, -0.2) is 24.2 Å². The fourth-order valence-corrected chi connectivity index (χ4v) is 3.37. The zero-order chi connectivity index (χ0) is 14.5. The van der Waals surface area contributed by atoms with E-state index in [0.717, 1.165) is 17.3 Å². The van der Waals surface area contributed by atoms with Gasteiger partial charge in [0, 0.05) is 28.9 Å². The quantitative estimate of drug-likeness (QED) is 0.737. The molecule has 0 saturated heterocycles. The van der Waals surface area contributed by atoms with Gasteiger partial charge in [0.25, 0.3) is 5.91 Å². The highest BCUT2D eigenvalue weighted by Gasteiger charge is 2.24. The van der Waals surface area contributed by atoms with Crippen LogP contribution < -0.4 is 11.1 Å². The molecule has 2 rings (SSSR count). The molecule has 4 N–H and O–H groups in total. The van der Waals surface area contributed by atoms with E-state index < -0.39 is 0 Å². The van der Waals surface area contributed by atoms with Gasteiger partial charge in [0.15, 0.2) is 0 Å². The van der Waals surface area contributed by atoms with Crippen molar-refractivity contribution in [2.24, 2.45) is 11.8 Å². The summed E-state index contributed by atoms with van der Waals surface area (Å²) in [5.74, 6) is 0.582. The summed E-state index contributed by atoms with van der Waals surface area (Å²) in [6.07, 6.45) is 4.49. The predicted molar refractivity (Wildman–Crippen MR) is 83.4 cm³/mol. The molecular formula is C15H21BrN2O2. The summed E-state index contributed by atoms with van der Waals surface area (Å²) in [6.45, 7) is 0.834.